The maximum atomic E-state index is 9.38. The predicted molar refractivity (Wildman–Crippen MR) is 36.2 cm³/mol. The van der Waals surface area contributed by atoms with Crippen LogP contribution in [0.2, 0.25) is 0 Å². The van der Waals surface area contributed by atoms with Gasteiger partial charge in [-0.2, -0.15) is 0 Å². The van der Waals surface area contributed by atoms with Crippen LogP contribution in [0.4, 0.5) is 5.88 Å². The van der Waals surface area contributed by atoms with Gasteiger partial charge in [-0.25, -0.2) is 0 Å². The first kappa shape index (κ1) is 7.08. The van der Waals surface area contributed by atoms with Gasteiger partial charge in [-0.15, -0.1) is 0 Å². The Balaban J connectivity index is 3.05. The van der Waals surface area contributed by atoms with Crippen molar-refractivity contribution in [3.05, 3.63) is 11.8 Å². The molecule has 0 aliphatic rings. The number of anilines is 1. The van der Waals surface area contributed by atoms with E-state index in [4.69, 9.17) is 5.73 Å². The molecule has 0 atom stereocenters. The first-order valence-corrected chi connectivity index (χ1v) is 2.95. The largest absolute Gasteiger partial charge is 0.385 e. The maximum Gasteiger partial charge on any atom is 0.228 e. The number of nitrogen functional groups attached to an aromatic ring is 1. The van der Waals surface area contributed by atoms with Crippen molar-refractivity contribution in [1.29, 1.82) is 0 Å². The molecule has 56 valence electrons. The molecule has 3 N–H and O–H groups in total. The minimum Gasteiger partial charge on any atom is -0.385 e. The Kier molecular flexibility index (Phi) is 1.40. The number of aliphatic hydroxyl groups is 1. The van der Waals surface area contributed by atoms with Gasteiger partial charge in [0.05, 0.1) is 17.4 Å². The molecule has 0 aliphatic heterocycles. The summed E-state index contributed by atoms with van der Waals surface area (Å²) in [6.45, 7) is 3.24. The SMILES string of the molecule is CC(C)(O)c1cnoc1N. The van der Waals surface area contributed by atoms with Crippen molar-refractivity contribution in [3.8, 4) is 0 Å². The van der Waals surface area contributed by atoms with Crippen LogP contribution < -0.4 is 5.73 Å². The minimum atomic E-state index is -0.968. The van der Waals surface area contributed by atoms with Crippen LogP contribution in [0.15, 0.2) is 10.7 Å². The third kappa shape index (κ3) is 1.11. The highest BCUT2D eigenvalue weighted by molar-refractivity contribution is 5.37. The lowest BCUT2D eigenvalue weighted by Gasteiger charge is -2.13. The van der Waals surface area contributed by atoms with Gasteiger partial charge in [0, 0.05) is 0 Å². The second-order valence-electron chi connectivity index (χ2n) is 2.66. The van der Waals surface area contributed by atoms with E-state index in [2.05, 4.69) is 9.68 Å². The van der Waals surface area contributed by atoms with Gasteiger partial charge in [-0.1, -0.05) is 5.16 Å². The van der Waals surface area contributed by atoms with Crippen molar-refractivity contribution < 1.29 is 9.63 Å². The topological polar surface area (TPSA) is 72.3 Å². The molecule has 0 amide bonds. The Morgan fingerprint density at radius 2 is 2.30 bits per heavy atom. The van der Waals surface area contributed by atoms with Crippen LogP contribution >= 0.6 is 0 Å². The van der Waals surface area contributed by atoms with Gasteiger partial charge < -0.3 is 15.4 Å². The van der Waals surface area contributed by atoms with Gasteiger partial charge in [0.1, 0.15) is 0 Å². The summed E-state index contributed by atoms with van der Waals surface area (Å²) in [6.07, 6.45) is 1.41. The molecule has 0 bridgehead atoms. The van der Waals surface area contributed by atoms with Gasteiger partial charge in [-0.3, -0.25) is 0 Å². The van der Waals surface area contributed by atoms with E-state index in [1.807, 2.05) is 0 Å². The summed E-state index contributed by atoms with van der Waals surface area (Å²) in [4.78, 5) is 0. The second-order valence-corrected chi connectivity index (χ2v) is 2.66. The fourth-order valence-corrected chi connectivity index (χ4v) is 0.708. The van der Waals surface area contributed by atoms with E-state index in [9.17, 15) is 5.11 Å². The molecule has 4 nitrogen and oxygen atoms in total. The Labute approximate surface area is 58.6 Å². The van der Waals surface area contributed by atoms with Crippen molar-refractivity contribution in [2.75, 3.05) is 5.73 Å². The van der Waals surface area contributed by atoms with Crippen molar-refractivity contribution in [2.24, 2.45) is 0 Å². The Morgan fingerprint density at radius 1 is 1.70 bits per heavy atom. The third-order valence-corrected chi connectivity index (χ3v) is 1.26. The van der Waals surface area contributed by atoms with Crippen LogP contribution in [0.1, 0.15) is 19.4 Å². The van der Waals surface area contributed by atoms with Gasteiger partial charge in [0.25, 0.3) is 0 Å². The Bertz CT molecular complexity index is 224. The highest BCUT2D eigenvalue weighted by Crippen LogP contribution is 2.24. The van der Waals surface area contributed by atoms with Crippen molar-refractivity contribution in [1.82, 2.24) is 5.16 Å². The molecule has 10 heavy (non-hydrogen) atoms. The molecule has 1 aromatic heterocycles. The zero-order valence-corrected chi connectivity index (χ0v) is 5.96. The van der Waals surface area contributed by atoms with Crippen molar-refractivity contribution in [2.45, 2.75) is 19.4 Å². The quantitative estimate of drug-likeness (QED) is 0.598. The number of nitrogens with zero attached hydrogens (tertiary/aromatic N) is 1. The monoisotopic (exact) mass is 142 g/mol. The number of hydrogen-bond donors (Lipinski definition) is 2. The van der Waals surface area contributed by atoms with Gasteiger partial charge >= 0.3 is 0 Å². The summed E-state index contributed by atoms with van der Waals surface area (Å²) in [5.41, 5.74) is 4.89. The van der Waals surface area contributed by atoms with Gasteiger partial charge in [0.2, 0.25) is 5.88 Å². The lowest BCUT2D eigenvalue weighted by atomic mass is 10.0. The van der Waals surface area contributed by atoms with Crippen LogP contribution in [-0.4, -0.2) is 10.3 Å². The summed E-state index contributed by atoms with van der Waals surface area (Å²) in [5.74, 6) is 0.174. The molecule has 0 spiro atoms. The highest BCUT2D eigenvalue weighted by atomic mass is 16.5. The molecular weight excluding hydrogens is 132 g/mol. The lowest BCUT2D eigenvalue weighted by molar-refractivity contribution is 0.0790. The van der Waals surface area contributed by atoms with E-state index in [0.29, 0.717) is 5.56 Å². The second kappa shape index (κ2) is 1.98. The summed E-state index contributed by atoms with van der Waals surface area (Å²) < 4.78 is 4.56. The summed E-state index contributed by atoms with van der Waals surface area (Å²) in [6, 6.07) is 0. The van der Waals surface area contributed by atoms with E-state index < -0.39 is 5.60 Å². The van der Waals surface area contributed by atoms with Crippen molar-refractivity contribution >= 4 is 5.88 Å². The average Bonchev–Trinajstić information content (AvgIpc) is 2.11. The normalized spacial score (nSPS) is 11.9. The molecular formula is C6H10N2O2. The van der Waals surface area contributed by atoms with Crippen LogP contribution in [0.25, 0.3) is 0 Å². The molecule has 1 heterocycles. The number of hydrogen-bond acceptors (Lipinski definition) is 4. The molecule has 1 aromatic rings. The third-order valence-electron chi connectivity index (χ3n) is 1.26. The molecule has 0 aromatic carbocycles. The zero-order chi connectivity index (χ0) is 7.78. The molecule has 0 unspecified atom stereocenters. The first-order valence-electron chi connectivity index (χ1n) is 2.95. The van der Waals surface area contributed by atoms with Crippen LogP contribution in [-0.2, 0) is 5.60 Å². The highest BCUT2D eigenvalue weighted by Gasteiger charge is 2.21. The predicted octanol–water partition coefficient (Wildman–Crippen LogP) is 0.484. The van der Waals surface area contributed by atoms with Gasteiger partial charge in [-0.05, 0) is 13.8 Å². The maximum absolute atomic E-state index is 9.38. The number of aromatic nitrogens is 1. The Hall–Kier alpha value is -1.03. The molecule has 1 rings (SSSR count). The number of nitrogens with two attached hydrogens (primary N) is 1. The van der Waals surface area contributed by atoms with Crippen LogP contribution in [0.3, 0.4) is 0 Å². The summed E-state index contributed by atoms with van der Waals surface area (Å²) >= 11 is 0. The standard InChI is InChI=1S/C6H10N2O2/c1-6(2,9)4-3-8-10-5(4)7/h3,9H,7H2,1-2H3. The lowest BCUT2D eigenvalue weighted by Crippen LogP contribution is -2.15. The fraction of sp³-hybridized carbons (Fsp3) is 0.500. The zero-order valence-electron chi connectivity index (χ0n) is 5.96. The first-order chi connectivity index (χ1) is 4.52. The molecule has 0 radical (unpaired) electrons. The Morgan fingerprint density at radius 3 is 2.50 bits per heavy atom. The van der Waals surface area contributed by atoms with E-state index in [1.54, 1.807) is 13.8 Å². The molecule has 0 aliphatic carbocycles. The summed E-state index contributed by atoms with van der Waals surface area (Å²) in [7, 11) is 0. The minimum absolute atomic E-state index is 0.174. The van der Waals surface area contributed by atoms with Crippen LogP contribution in [0.5, 0.6) is 0 Å². The van der Waals surface area contributed by atoms with Crippen LogP contribution in [0, 0.1) is 0 Å². The molecule has 0 saturated carbocycles. The molecule has 4 heteroatoms. The van der Waals surface area contributed by atoms with E-state index in [-0.39, 0.29) is 5.88 Å². The van der Waals surface area contributed by atoms with Gasteiger partial charge in [0.15, 0.2) is 0 Å². The van der Waals surface area contributed by atoms with E-state index in [0.717, 1.165) is 0 Å². The fourth-order valence-electron chi connectivity index (χ4n) is 0.708. The molecule has 0 fully saturated rings. The summed E-state index contributed by atoms with van der Waals surface area (Å²) in [5, 5.41) is 12.8. The average molecular weight is 142 g/mol. The smallest absolute Gasteiger partial charge is 0.228 e. The number of rotatable bonds is 1. The van der Waals surface area contributed by atoms with E-state index >= 15 is 0 Å². The molecule has 0 saturated heterocycles. The van der Waals surface area contributed by atoms with Crippen molar-refractivity contribution in [3.63, 3.8) is 0 Å². The van der Waals surface area contributed by atoms with E-state index in [1.165, 1.54) is 6.20 Å².